The van der Waals surface area contributed by atoms with E-state index in [1.165, 1.54) is 18.0 Å². The molecule has 4 N–H and O–H groups in total. The second-order valence-corrected chi connectivity index (χ2v) is 8.41. The van der Waals surface area contributed by atoms with Gasteiger partial charge in [-0.25, -0.2) is 9.59 Å². The van der Waals surface area contributed by atoms with E-state index in [9.17, 15) is 9.59 Å². The monoisotopic (exact) mass is 449 g/mol. The molecule has 0 spiro atoms. The Morgan fingerprint density at radius 2 is 2.03 bits per heavy atom. The normalized spacial score (nSPS) is 23.7. The van der Waals surface area contributed by atoms with Crippen LogP contribution in [0.15, 0.2) is 25.7 Å². The van der Waals surface area contributed by atoms with E-state index in [0.717, 1.165) is 11.5 Å². The van der Waals surface area contributed by atoms with Crippen molar-refractivity contribution >= 4 is 35.5 Å². The summed E-state index contributed by atoms with van der Waals surface area (Å²) in [6.07, 6.45) is 7.67. The number of hydrogen-bond acceptors (Lipinski definition) is 11. The van der Waals surface area contributed by atoms with Crippen LogP contribution in [0.1, 0.15) is 25.7 Å². The fourth-order valence-electron chi connectivity index (χ4n) is 2.75. The molecule has 1 fully saturated rings. The average Bonchev–Trinajstić information content (AvgIpc) is 2.92. The lowest BCUT2D eigenvalue weighted by Gasteiger charge is -2.31. The lowest BCUT2D eigenvalue weighted by Crippen LogP contribution is -2.57. The molecular weight excluding hydrogens is 418 g/mol. The number of carbonyl (C=O) groups is 2. The van der Waals surface area contributed by atoms with Gasteiger partial charge in [0, 0.05) is 11.6 Å². The summed E-state index contributed by atoms with van der Waals surface area (Å²) >= 11 is 3.05. The van der Waals surface area contributed by atoms with Crippen LogP contribution in [-0.4, -0.2) is 65.1 Å². The van der Waals surface area contributed by atoms with Crippen molar-refractivity contribution in [1.29, 1.82) is 0 Å². The Balaban J connectivity index is 2.99. The number of thioether (sulfide) groups is 2. The number of nitrogens with zero attached hydrogens (tertiary/aromatic N) is 1. The fourth-order valence-corrected chi connectivity index (χ4v) is 3.80. The number of ether oxygens (including phenoxy) is 2. The predicted molar refractivity (Wildman–Crippen MR) is 114 cm³/mol. The number of rotatable bonds is 15. The third-order valence-corrected chi connectivity index (χ3v) is 5.69. The molecule has 166 valence electrons. The second-order valence-electron chi connectivity index (χ2n) is 6.44. The molecule has 0 aliphatic carbocycles. The van der Waals surface area contributed by atoms with Crippen LogP contribution in [0.25, 0.3) is 0 Å². The van der Waals surface area contributed by atoms with E-state index in [2.05, 4.69) is 13.2 Å². The Labute approximate surface area is 180 Å². The number of hydroxylamine groups is 2. The van der Waals surface area contributed by atoms with E-state index in [1.807, 2.05) is 12.5 Å². The molecule has 0 aromatic heterocycles. The van der Waals surface area contributed by atoms with Crippen molar-refractivity contribution in [1.82, 2.24) is 5.23 Å². The molecule has 1 saturated heterocycles. The van der Waals surface area contributed by atoms with Crippen LogP contribution in [-0.2, 0) is 28.7 Å². The van der Waals surface area contributed by atoms with Crippen molar-refractivity contribution < 1.29 is 28.7 Å². The van der Waals surface area contributed by atoms with Gasteiger partial charge in [-0.2, -0.15) is 23.5 Å². The molecule has 11 heteroatoms. The molecule has 1 aliphatic rings. The van der Waals surface area contributed by atoms with Gasteiger partial charge >= 0.3 is 11.9 Å². The second kappa shape index (κ2) is 12.3. The quantitative estimate of drug-likeness (QED) is 0.215. The first-order valence-corrected chi connectivity index (χ1v) is 11.9. The van der Waals surface area contributed by atoms with Crippen molar-refractivity contribution in [2.45, 2.75) is 43.0 Å². The van der Waals surface area contributed by atoms with Crippen LogP contribution < -0.4 is 11.5 Å². The molecule has 9 nitrogen and oxygen atoms in total. The number of carbonyl (C=O) groups excluding carboxylic acids is 2. The topological polar surface area (TPSA) is 126 Å². The minimum atomic E-state index is -1.76. The molecule has 0 saturated carbocycles. The molecule has 1 rings (SSSR count). The zero-order valence-corrected chi connectivity index (χ0v) is 18.6. The van der Waals surface area contributed by atoms with Gasteiger partial charge in [0.15, 0.2) is 0 Å². The third-order valence-electron chi connectivity index (χ3n) is 4.47. The Morgan fingerprint density at radius 3 is 2.62 bits per heavy atom. The summed E-state index contributed by atoms with van der Waals surface area (Å²) in [7, 11) is 0. The summed E-state index contributed by atoms with van der Waals surface area (Å²) in [4.78, 5) is 35.8. The van der Waals surface area contributed by atoms with Gasteiger partial charge in [0.2, 0.25) is 0 Å². The minimum absolute atomic E-state index is 0.179. The van der Waals surface area contributed by atoms with Crippen molar-refractivity contribution in [3.63, 3.8) is 0 Å². The predicted octanol–water partition coefficient (Wildman–Crippen LogP) is 1.55. The highest BCUT2D eigenvalue weighted by Crippen LogP contribution is 2.33. The molecule has 0 aromatic carbocycles. The SMILES string of the molecule is C=COCCCC1N(OC(=O)C(N)(CCSC)OC=C)OC(=O)C1(N)CCSC. The smallest absolute Gasteiger partial charge is 0.387 e. The summed E-state index contributed by atoms with van der Waals surface area (Å²) in [6.45, 7) is 7.32. The maximum atomic E-state index is 12.7. The standard InChI is InChI=1S/C18H31N3O6S2/c1-5-24-11-7-8-14-17(19,9-12-28-3)15(22)26-21(14)27-16(23)18(20,25-6-2)10-13-29-4/h5-6,14H,1-2,7-13,19-20H2,3-4H3. The fraction of sp³-hybridized carbons (Fsp3) is 0.667. The third kappa shape index (κ3) is 6.82. The molecule has 1 aliphatic heterocycles. The summed E-state index contributed by atoms with van der Waals surface area (Å²) < 4.78 is 10.3. The van der Waals surface area contributed by atoms with Crippen LogP contribution in [0.5, 0.6) is 0 Å². The first-order chi connectivity index (χ1) is 13.8. The van der Waals surface area contributed by atoms with Crippen LogP contribution in [0.3, 0.4) is 0 Å². The van der Waals surface area contributed by atoms with E-state index in [0.29, 0.717) is 37.4 Å². The lowest BCUT2D eigenvalue weighted by atomic mass is 9.87. The first kappa shape index (κ1) is 25.6. The number of nitrogens with two attached hydrogens (primary N) is 2. The van der Waals surface area contributed by atoms with Gasteiger partial charge in [-0.3, -0.25) is 5.73 Å². The molecule has 3 atom stereocenters. The van der Waals surface area contributed by atoms with Crippen LogP contribution in [0, 0.1) is 0 Å². The van der Waals surface area contributed by atoms with Crippen molar-refractivity contribution in [3.05, 3.63) is 25.7 Å². The van der Waals surface area contributed by atoms with Crippen molar-refractivity contribution in [2.24, 2.45) is 11.5 Å². The van der Waals surface area contributed by atoms with E-state index in [1.54, 1.807) is 11.8 Å². The zero-order valence-electron chi connectivity index (χ0n) is 17.0. The summed E-state index contributed by atoms with van der Waals surface area (Å²) in [6, 6.07) is -0.701. The molecule has 29 heavy (non-hydrogen) atoms. The first-order valence-electron chi connectivity index (χ1n) is 9.10. The lowest BCUT2D eigenvalue weighted by molar-refractivity contribution is -0.330. The maximum absolute atomic E-state index is 12.7. The van der Waals surface area contributed by atoms with Crippen LogP contribution >= 0.6 is 23.5 Å². The van der Waals surface area contributed by atoms with Crippen LogP contribution in [0.2, 0.25) is 0 Å². The molecular formula is C18H31N3O6S2. The molecule has 0 amide bonds. The molecule has 3 unspecified atom stereocenters. The molecule has 0 aromatic rings. The van der Waals surface area contributed by atoms with E-state index < -0.39 is 29.2 Å². The van der Waals surface area contributed by atoms with Gasteiger partial charge in [0.05, 0.1) is 19.1 Å². The summed E-state index contributed by atoms with van der Waals surface area (Å²) in [5.74, 6) is -0.372. The van der Waals surface area contributed by atoms with E-state index in [-0.39, 0.29) is 6.42 Å². The summed E-state index contributed by atoms with van der Waals surface area (Å²) in [5, 5.41) is 0.853. The minimum Gasteiger partial charge on any atom is -0.502 e. The highest BCUT2D eigenvalue weighted by Gasteiger charge is 2.56. The van der Waals surface area contributed by atoms with Gasteiger partial charge < -0.3 is 24.9 Å². The Morgan fingerprint density at radius 1 is 1.34 bits per heavy atom. The highest BCUT2D eigenvalue weighted by atomic mass is 32.2. The van der Waals surface area contributed by atoms with Crippen molar-refractivity contribution in [2.75, 3.05) is 30.6 Å². The Bertz CT molecular complexity index is 582. The zero-order chi connectivity index (χ0) is 21.9. The van der Waals surface area contributed by atoms with Crippen molar-refractivity contribution in [3.8, 4) is 0 Å². The van der Waals surface area contributed by atoms with Gasteiger partial charge in [-0.05, 0) is 43.3 Å². The highest BCUT2D eigenvalue weighted by molar-refractivity contribution is 7.98. The Kier molecular flexibility index (Phi) is 10.9. The maximum Gasteiger partial charge on any atom is 0.387 e. The van der Waals surface area contributed by atoms with Gasteiger partial charge in [-0.1, -0.05) is 13.2 Å². The number of hydrogen-bond donors (Lipinski definition) is 2. The molecule has 1 heterocycles. The Hall–Kier alpha value is -1.40. The van der Waals surface area contributed by atoms with Gasteiger partial charge in [-0.15, -0.1) is 0 Å². The summed E-state index contributed by atoms with van der Waals surface area (Å²) in [5.41, 5.74) is 9.38. The van der Waals surface area contributed by atoms with E-state index in [4.69, 9.17) is 30.6 Å². The molecule has 0 radical (unpaired) electrons. The van der Waals surface area contributed by atoms with Gasteiger partial charge in [0.1, 0.15) is 11.6 Å². The largest absolute Gasteiger partial charge is 0.502 e. The molecule has 0 bridgehead atoms. The van der Waals surface area contributed by atoms with E-state index >= 15 is 0 Å². The average molecular weight is 450 g/mol. The van der Waals surface area contributed by atoms with Crippen LogP contribution in [0.4, 0.5) is 0 Å². The van der Waals surface area contributed by atoms with Gasteiger partial charge in [0.25, 0.3) is 5.72 Å².